The molecule has 0 amide bonds. The van der Waals surface area contributed by atoms with Gasteiger partial charge in [-0.05, 0) is 6.07 Å². The van der Waals surface area contributed by atoms with Crippen LogP contribution in [0.2, 0.25) is 0 Å². The van der Waals surface area contributed by atoms with Crippen molar-refractivity contribution in [2.45, 2.75) is 18.6 Å². The summed E-state index contributed by atoms with van der Waals surface area (Å²) < 4.78 is 63.2. The van der Waals surface area contributed by atoms with E-state index in [1.807, 2.05) is 0 Å². The van der Waals surface area contributed by atoms with Crippen LogP contribution in [0.4, 0.5) is 22.0 Å². The van der Waals surface area contributed by atoms with Crippen LogP contribution in [-0.2, 0) is 12.7 Å². The Labute approximate surface area is 81.1 Å². The summed E-state index contributed by atoms with van der Waals surface area (Å²) >= 11 is 0. The second-order valence-electron chi connectivity index (χ2n) is 2.79. The maximum Gasteiger partial charge on any atom is 0.356 e. The standard InChI is InChI=1S/C7H7F5N2O/c8-3-6(9,10)7(11,12)5-1-2-14(4-15)13-5/h1-2,15H,3-4H2. The molecule has 0 radical (unpaired) electrons. The van der Waals surface area contributed by atoms with Crippen molar-refractivity contribution in [3.05, 3.63) is 18.0 Å². The second kappa shape index (κ2) is 3.76. The van der Waals surface area contributed by atoms with Crippen LogP contribution in [0.5, 0.6) is 0 Å². The minimum atomic E-state index is -4.80. The number of aliphatic hydroxyl groups excluding tert-OH is 1. The lowest BCUT2D eigenvalue weighted by Gasteiger charge is -2.21. The average molecular weight is 230 g/mol. The smallest absolute Gasteiger partial charge is 0.356 e. The van der Waals surface area contributed by atoms with Gasteiger partial charge in [-0.15, -0.1) is 0 Å². The van der Waals surface area contributed by atoms with Crippen LogP contribution >= 0.6 is 0 Å². The Morgan fingerprint density at radius 2 is 1.93 bits per heavy atom. The minimum absolute atomic E-state index is 0.597. The van der Waals surface area contributed by atoms with Gasteiger partial charge in [0.15, 0.2) is 6.67 Å². The third-order valence-corrected chi connectivity index (χ3v) is 1.73. The number of alkyl halides is 5. The number of aromatic nitrogens is 2. The van der Waals surface area contributed by atoms with E-state index in [0.29, 0.717) is 10.7 Å². The molecule has 0 aliphatic heterocycles. The van der Waals surface area contributed by atoms with Gasteiger partial charge in [-0.3, -0.25) is 0 Å². The van der Waals surface area contributed by atoms with Crippen molar-refractivity contribution in [2.24, 2.45) is 0 Å². The molecule has 86 valence electrons. The second-order valence-corrected chi connectivity index (χ2v) is 2.79. The SMILES string of the molecule is OCn1ccc(C(F)(F)C(F)(F)CF)n1. The van der Waals surface area contributed by atoms with Crippen LogP contribution in [0.25, 0.3) is 0 Å². The van der Waals surface area contributed by atoms with Gasteiger partial charge >= 0.3 is 11.8 Å². The Morgan fingerprint density at radius 3 is 2.33 bits per heavy atom. The van der Waals surface area contributed by atoms with Gasteiger partial charge in [0, 0.05) is 6.20 Å². The Balaban J connectivity index is 3.04. The summed E-state index contributed by atoms with van der Waals surface area (Å²) in [5, 5.41) is 11.5. The molecule has 15 heavy (non-hydrogen) atoms. The number of hydrogen-bond donors (Lipinski definition) is 1. The summed E-state index contributed by atoms with van der Waals surface area (Å²) in [5.74, 6) is -9.50. The largest absolute Gasteiger partial charge is 0.374 e. The molecule has 0 fully saturated rings. The van der Waals surface area contributed by atoms with Crippen molar-refractivity contribution in [1.29, 1.82) is 0 Å². The Morgan fingerprint density at radius 1 is 1.33 bits per heavy atom. The van der Waals surface area contributed by atoms with Crippen molar-refractivity contribution in [3.63, 3.8) is 0 Å². The van der Waals surface area contributed by atoms with E-state index in [2.05, 4.69) is 5.10 Å². The first kappa shape index (κ1) is 11.9. The number of aliphatic hydroxyl groups is 1. The molecule has 1 aromatic rings. The van der Waals surface area contributed by atoms with Crippen molar-refractivity contribution < 1.29 is 27.1 Å². The molecule has 0 saturated carbocycles. The molecule has 1 N–H and O–H groups in total. The molecule has 0 spiro atoms. The molecule has 1 aromatic heterocycles. The van der Waals surface area contributed by atoms with Gasteiger partial charge in [0.2, 0.25) is 0 Å². The third kappa shape index (κ3) is 1.94. The van der Waals surface area contributed by atoms with Gasteiger partial charge in [0.1, 0.15) is 12.4 Å². The highest BCUT2D eigenvalue weighted by atomic mass is 19.3. The molecule has 0 aromatic carbocycles. The molecule has 3 nitrogen and oxygen atoms in total. The van der Waals surface area contributed by atoms with E-state index in [1.54, 1.807) is 0 Å². The fourth-order valence-electron chi connectivity index (χ4n) is 0.879. The highest BCUT2D eigenvalue weighted by Gasteiger charge is 2.59. The van der Waals surface area contributed by atoms with Crippen molar-refractivity contribution in [3.8, 4) is 0 Å². The molecule has 0 saturated heterocycles. The summed E-state index contributed by atoms with van der Waals surface area (Å²) in [6.07, 6.45) is 0.886. The molecule has 0 aliphatic carbocycles. The van der Waals surface area contributed by atoms with E-state index in [-0.39, 0.29) is 0 Å². The summed E-state index contributed by atoms with van der Waals surface area (Å²) in [4.78, 5) is 0. The van der Waals surface area contributed by atoms with Crippen LogP contribution in [0.1, 0.15) is 5.69 Å². The van der Waals surface area contributed by atoms with E-state index >= 15 is 0 Å². The zero-order valence-electron chi connectivity index (χ0n) is 7.30. The van der Waals surface area contributed by atoms with Gasteiger partial charge in [-0.1, -0.05) is 0 Å². The predicted molar refractivity (Wildman–Crippen MR) is 39.3 cm³/mol. The van der Waals surface area contributed by atoms with E-state index < -0.39 is 30.9 Å². The Hall–Kier alpha value is -1.18. The van der Waals surface area contributed by atoms with Crippen LogP contribution < -0.4 is 0 Å². The molecular weight excluding hydrogens is 223 g/mol. The van der Waals surface area contributed by atoms with Gasteiger partial charge < -0.3 is 5.11 Å². The number of halogens is 5. The van der Waals surface area contributed by atoms with Crippen LogP contribution in [0.3, 0.4) is 0 Å². The maximum atomic E-state index is 12.9. The van der Waals surface area contributed by atoms with E-state index in [0.717, 1.165) is 6.20 Å². The summed E-state index contributed by atoms with van der Waals surface area (Å²) in [6.45, 7) is -3.21. The van der Waals surface area contributed by atoms with E-state index in [9.17, 15) is 22.0 Å². The lowest BCUT2D eigenvalue weighted by Crippen LogP contribution is -2.40. The summed E-state index contributed by atoms with van der Waals surface area (Å²) in [5.41, 5.74) is -1.28. The maximum absolute atomic E-state index is 12.9. The topological polar surface area (TPSA) is 38.0 Å². The van der Waals surface area contributed by atoms with Crippen LogP contribution in [-0.4, -0.2) is 27.5 Å². The molecule has 0 aliphatic rings. The predicted octanol–water partition coefficient (Wildman–Crippen LogP) is 1.53. The fraction of sp³-hybridized carbons (Fsp3) is 0.571. The van der Waals surface area contributed by atoms with Gasteiger partial charge in [0.25, 0.3) is 0 Å². The van der Waals surface area contributed by atoms with Gasteiger partial charge in [0.05, 0.1) is 0 Å². The highest BCUT2D eigenvalue weighted by Crippen LogP contribution is 2.42. The molecule has 0 unspecified atom stereocenters. The zero-order chi connectivity index (χ0) is 11.7. The minimum Gasteiger partial charge on any atom is -0.374 e. The van der Waals surface area contributed by atoms with Crippen molar-refractivity contribution in [1.82, 2.24) is 9.78 Å². The lowest BCUT2D eigenvalue weighted by molar-refractivity contribution is -0.224. The molecule has 8 heteroatoms. The molecule has 1 rings (SSSR count). The highest BCUT2D eigenvalue weighted by molar-refractivity contribution is 5.11. The number of hydrogen-bond acceptors (Lipinski definition) is 2. The first-order valence-electron chi connectivity index (χ1n) is 3.81. The summed E-state index contributed by atoms with van der Waals surface area (Å²) in [7, 11) is 0. The quantitative estimate of drug-likeness (QED) is 0.796. The normalized spacial score (nSPS) is 13.2. The molecule has 1 heterocycles. The van der Waals surface area contributed by atoms with Gasteiger partial charge in [-0.2, -0.15) is 22.7 Å². The van der Waals surface area contributed by atoms with Crippen molar-refractivity contribution >= 4 is 0 Å². The molecule has 0 atom stereocenters. The monoisotopic (exact) mass is 230 g/mol. The van der Waals surface area contributed by atoms with E-state index in [1.165, 1.54) is 0 Å². The first-order chi connectivity index (χ1) is 6.85. The lowest BCUT2D eigenvalue weighted by atomic mass is 10.1. The zero-order valence-corrected chi connectivity index (χ0v) is 7.30. The average Bonchev–Trinajstić information content (AvgIpc) is 2.66. The van der Waals surface area contributed by atoms with E-state index in [4.69, 9.17) is 5.11 Å². The summed E-state index contributed by atoms with van der Waals surface area (Å²) in [6, 6.07) is 0.597. The fourth-order valence-corrected chi connectivity index (χ4v) is 0.879. The third-order valence-electron chi connectivity index (χ3n) is 1.73. The van der Waals surface area contributed by atoms with Crippen molar-refractivity contribution in [2.75, 3.05) is 6.67 Å². The Bertz CT molecular complexity index is 338. The molecular formula is C7H7F5N2O. The first-order valence-corrected chi connectivity index (χ1v) is 3.81. The number of nitrogens with zero attached hydrogens (tertiary/aromatic N) is 2. The van der Waals surface area contributed by atoms with Crippen LogP contribution in [0.15, 0.2) is 12.3 Å². The number of rotatable bonds is 4. The molecule has 0 bridgehead atoms. The van der Waals surface area contributed by atoms with Gasteiger partial charge in [-0.25, -0.2) is 9.07 Å². The Kier molecular flexibility index (Phi) is 2.98. The van der Waals surface area contributed by atoms with Crippen LogP contribution in [0, 0.1) is 0 Å².